The van der Waals surface area contributed by atoms with Crippen molar-refractivity contribution >= 4 is 23.7 Å². The molecule has 2 aliphatic rings. The number of carbonyl (C=O) groups is 2. The average molecular weight is 526 g/mol. The fourth-order valence-electron chi connectivity index (χ4n) is 5.42. The van der Waals surface area contributed by atoms with E-state index >= 15 is 0 Å². The van der Waals surface area contributed by atoms with E-state index in [-0.39, 0.29) is 29.0 Å². The lowest BCUT2D eigenvalue weighted by Crippen LogP contribution is -2.39. The highest BCUT2D eigenvalue weighted by Gasteiger charge is 2.28. The summed E-state index contributed by atoms with van der Waals surface area (Å²) in [6.07, 6.45) is 4.65. The lowest BCUT2D eigenvalue weighted by atomic mass is 9.96. The van der Waals surface area contributed by atoms with Crippen molar-refractivity contribution in [3.8, 4) is 11.5 Å². The van der Waals surface area contributed by atoms with Crippen molar-refractivity contribution in [2.24, 2.45) is 10.9 Å². The number of hydrogen-bond acceptors (Lipinski definition) is 5. The van der Waals surface area contributed by atoms with Crippen LogP contribution < -0.4 is 4.74 Å². The molecular weight excluding hydrogens is 490 g/mol. The molecule has 7 nitrogen and oxygen atoms in total. The maximum atomic E-state index is 13.8. The zero-order valence-electron chi connectivity index (χ0n) is 22.6. The van der Waals surface area contributed by atoms with E-state index in [0.29, 0.717) is 38.4 Å². The number of benzene rings is 3. The Bertz CT molecular complexity index is 1390. The van der Waals surface area contributed by atoms with Gasteiger partial charge in [-0.1, -0.05) is 42.5 Å². The van der Waals surface area contributed by atoms with Gasteiger partial charge in [-0.2, -0.15) is 0 Å². The summed E-state index contributed by atoms with van der Waals surface area (Å²) in [5, 5.41) is 10.8. The number of rotatable bonds is 6. The standard InChI is InChI=1S/C32H35N3O4/c1-22-16-29(37)31(30(17-22)39-21-24-8-4-3-5-9-24)32(38)35-15-13-26-11-6-12-28(27(26)20-35)33-18-25-10-7-14-34(19-25)23(2)36/h3-6,8-9,11-12,16-18,25,37H,7,10,13-15,19-21H2,1-2H3/b33-18-. The minimum absolute atomic E-state index is 0.0764. The summed E-state index contributed by atoms with van der Waals surface area (Å²) in [7, 11) is 0. The topological polar surface area (TPSA) is 82.4 Å². The van der Waals surface area contributed by atoms with Crippen LogP contribution in [0.2, 0.25) is 0 Å². The molecule has 0 bridgehead atoms. The number of carbonyl (C=O) groups excluding carboxylic acids is 2. The van der Waals surface area contributed by atoms with E-state index in [4.69, 9.17) is 9.73 Å². The van der Waals surface area contributed by atoms with Gasteiger partial charge in [0.25, 0.3) is 5.91 Å². The Labute approximate surface area is 229 Å². The highest BCUT2D eigenvalue weighted by molar-refractivity contribution is 6.00. The van der Waals surface area contributed by atoms with E-state index in [1.54, 1.807) is 24.0 Å². The molecule has 2 amide bonds. The van der Waals surface area contributed by atoms with E-state index in [9.17, 15) is 14.7 Å². The summed E-state index contributed by atoms with van der Waals surface area (Å²) in [6.45, 7) is 6.22. The molecule has 0 aromatic heterocycles. The highest BCUT2D eigenvalue weighted by Crippen LogP contribution is 2.35. The van der Waals surface area contributed by atoms with Gasteiger partial charge in [0.1, 0.15) is 23.7 Å². The molecule has 3 aromatic carbocycles. The number of fused-ring (bicyclic) bond motifs is 1. The van der Waals surface area contributed by atoms with Gasteiger partial charge >= 0.3 is 0 Å². The number of phenolic OH excluding ortho intramolecular Hbond substituents is 1. The smallest absolute Gasteiger partial charge is 0.261 e. The van der Waals surface area contributed by atoms with Crippen molar-refractivity contribution < 1.29 is 19.4 Å². The van der Waals surface area contributed by atoms with Crippen molar-refractivity contribution in [3.05, 3.63) is 88.5 Å². The molecule has 0 aliphatic carbocycles. The third kappa shape index (κ3) is 6.14. The van der Waals surface area contributed by atoms with Crippen molar-refractivity contribution in [2.75, 3.05) is 19.6 Å². The van der Waals surface area contributed by atoms with Crippen LogP contribution in [0.3, 0.4) is 0 Å². The fourth-order valence-corrected chi connectivity index (χ4v) is 5.42. The lowest BCUT2D eigenvalue weighted by molar-refractivity contribution is -0.130. The maximum Gasteiger partial charge on any atom is 0.261 e. The van der Waals surface area contributed by atoms with Crippen molar-refractivity contribution in [3.63, 3.8) is 0 Å². The monoisotopic (exact) mass is 525 g/mol. The van der Waals surface area contributed by atoms with E-state index < -0.39 is 0 Å². The molecule has 0 radical (unpaired) electrons. The number of aliphatic imine (C=N–C) groups is 1. The first-order valence-corrected chi connectivity index (χ1v) is 13.6. The first-order valence-electron chi connectivity index (χ1n) is 13.6. The lowest BCUT2D eigenvalue weighted by Gasteiger charge is -2.31. The van der Waals surface area contributed by atoms with Gasteiger partial charge in [-0.05, 0) is 61.1 Å². The predicted octanol–water partition coefficient (Wildman–Crippen LogP) is 5.44. The van der Waals surface area contributed by atoms with Gasteiger partial charge in [-0.3, -0.25) is 14.6 Å². The Morgan fingerprint density at radius 1 is 1.08 bits per heavy atom. The Balaban J connectivity index is 1.36. The molecular formula is C32H35N3O4. The number of aryl methyl sites for hydroxylation is 1. The van der Waals surface area contributed by atoms with E-state index in [1.165, 1.54) is 5.56 Å². The number of phenols is 1. The van der Waals surface area contributed by atoms with Gasteiger partial charge in [0.15, 0.2) is 0 Å². The van der Waals surface area contributed by atoms with Crippen molar-refractivity contribution in [1.29, 1.82) is 0 Å². The van der Waals surface area contributed by atoms with Gasteiger partial charge in [-0.25, -0.2) is 0 Å². The molecule has 0 spiro atoms. The molecule has 39 heavy (non-hydrogen) atoms. The number of aromatic hydroxyl groups is 1. The van der Waals surface area contributed by atoms with Crippen LogP contribution in [0.5, 0.6) is 11.5 Å². The van der Waals surface area contributed by atoms with Gasteiger partial charge in [0, 0.05) is 50.8 Å². The second kappa shape index (κ2) is 11.7. The highest BCUT2D eigenvalue weighted by atomic mass is 16.5. The number of nitrogens with zero attached hydrogens (tertiary/aromatic N) is 3. The molecule has 2 aliphatic heterocycles. The Kier molecular flexibility index (Phi) is 7.96. The van der Waals surface area contributed by atoms with E-state index in [2.05, 4.69) is 6.07 Å². The van der Waals surface area contributed by atoms with Gasteiger partial charge in [0.2, 0.25) is 5.91 Å². The number of hydrogen-bond donors (Lipinski definition) is 1. The number of piperidine rings is 1. The van der Waals surface area contributed by atoms with Crippen LogP contribution in [0.1, 0.15) is 52.4 Å². The second-order valence-electron chi connectivity index (χ2n) is 10.5. The molecule has 1 N–H and O–H groups in total. The van der Waals surface area contributed by atoms with Crippen LogP contribution in [-0.2, 0) is 24.4 Å². The zero-order valence-corrected chi connectivity index (χ0v) is 22.6. The molecule has 0 saturated carbocycles. The summed E-state index contributed by atoms with van der Waals surface area (Å²) in [6, 6.07) is 19.2. The molecule has 202 valence electrons. The Morgan fingerprint density at radius 2 is 1.90 bits per heavy atom. The molecule has 5 rings (SSSR count). The third-order valence-electron chi connectivity index (χ3n) is 7.54. The van der Waals surface area contributed by atoms with Gasteiger partial charge in [-0.15, -0.1) is 0 Å². The number of ether oxygens (including phenoxy) is 1. The van der Waals surface area contributed by atoms with Crippen LogP contribution in [0.15, 0.2) is 65.7 Å². The van der Waals surface area contributed by atoms with Crippen molar-refractivity contribution in [2.45, 2.75) is 46.3 Å². The van der Waals surface area contributed by atoms with Crippen LogP contribution in [0, 0.1) is 12.8 Å². The third-order valence-corrected chi connectivity index (χ3v) is 7.54. The van der Waals surface area contributed by atoms with Crippen LogP contribution in [0.25, 0.3) is 0 Å². The molecule has 1 saturated heterocycles. The molecule has 1 atom stereocenters. The number of amides is 2. The second-order valence-corrected chi connectivity index (χ2v) is 10.5. The number of likely N-dealkylation sites (tertiary alicyclic amines) is 1. The average Bonchev–Trinajstić information content (AvgIpc) is 2.94. The van der Waals surface area contributed by atoms with Crippen molar-refractivity contribution in [1.82, 2.24) is 9.80 Å². The first-order chi connectivity index (χ1) is 18.9. The molecule has 3 aromatic rings. The minimum atomic E-state index is -0.260. The Hall–Kier alpha value is -4.13. The van der Waals surface area contributed by atoms with Crippen LogP contribution in [0.4, 0.5) is 5.69 Å². The maximum absolute atomic E-state index is 13.8. The van der Waals surface area contributed by atoms with Gasteiger partial charge in [0.05, 0.1) is 5.69 Å². The minimum Gasteiger partial charge on any atom is -0.507 e. The Morgan fingerprint density at radius 3 is 2.69 bits per heavy atom. The molecule has 7 heteroatoms. The molecule has 1 unspecified atom stereocenters. The largest absolute Gasteiger partial charge is 0.507 e. The summed E-state index contributed by atoms with van der Waals surface area (Å²) < 4.78 is 6.06. The molecule has 1 fully saturated rings. The van der Waals surface area contributed by atoms with Crippen LogP contribution in [-0.4, -0.2) is 52.6 Å². The quantitative estimate of drug-likeness (QED) is 0.435. The van der Waals surface area contributed by atoms with Crippen LogP contribution >= 0.6 is 0 Å². The normalized spacial score (nSPS) is 17.2. The predicted molar refractivity (Wildman–Crippen MR) is 152 cm³/mol. The summed E-state index contributed by atoms with van der Waals surface area (Å²) in [5.74, 6) is 0.363. The summed E-state index contributed by atoms with van der Waals surface area (Å²) >= 11 is 0. The molecule has 2 heterocycles. The summed E-state index contributed by atoms with van der Waals surface area (Å²) in [5.41, 5.74) is 5.03. The van der Waals surface area contributed by atoms with E-state index in [0.717, 1.165) is 41.8 Å². The van der Waals surface area contributed by atoms with E-state index in [1.807, 2.05) is 60.5 Å². The zero-order chi connectivity index (χ0) is 27.4. The SMILES string of the molecule is CC(=O)N1CCCC(/C=N\c2cccc3c2CN(C(=O)c2c(O)cc(C)cc2OCc2ccccc2)CC3)C1. The summed E-state index contributed by atoms with van der Waals surface area (Å²) in [4.78, 5) is 34.1. The van der Waals surface area contributed by atoms with Gasteiger partial charge < -0.3 is 19.6 Å². The first kappa shape index (κ1) is 26.5. The fraction of sp³-hybridized carbons (Fsp3) is 0.344.